The molecule has 56 heavy (non-hydrogen) atoms. The van der Waals surface area contributed by atoms with Crippen molar-refractivity contribution in [1.82, 2.24) is 0 Å². The molecule has 0 aliphatic heterocycles. The first-order valence-corrected chi connectivity index (χ1v) is 23.7. The largest absolute Gasteiger partial charge is 0.481 e. The molecule has 0 aliphatic rings. The van der Waals surface area contributed by atoms with Crippen molar-refractivity contribution in [3.05, 3.63) is 0 Å². The van der Waals surface area contributed by atoms with E-state index in [0.29, 0.717) is 12.8 Å². The summed E-state index contributed by atoms with van der Waals surface area (Å²) in [4.78, 5) is 44.3. The minimum atomic E-state index is -0.825. The highest BCUT2D eigenvalue weighted by atomic mass is 16.6. The van der Waals surface area contributed by atoms with Crippen LogP contribution in [0.15, 0.2) is 0 Å². The van der Waals surface area contributed by atoms with Crippen molar-refractivity contribution in [2.24, 2.45) is 5.92 Å². The number of carbonyl (C=O) groups excluding carboxylic acids is 3. The van der Waals surface area contributed by atoms with E-state index in [9.17, 15) is 19.2 Å². The molecule has 1 unspecified atom stereocenters. The summed E-state index contributed by atoms with van der Waals surface area (Å²) in [6.45, 7) is 13.1. The summed E-state index contributed by atoms with van der Waals surface area (Å²) >= 11 is 0. The van der Waals surface area contributed by atoms with Crippen molar-refractivity contribution in [3.63, 3.8) is 0 Å². The number of carboxylic acids is 1. The molecule has 334 valence electrons. The van der Waals surface area contributed by atoms with E-state index in [-0.39, 0.29) is 25.6 Å². The molecule has 0 saturated carbocycles. The molecule has 1 N–H and O–H groups in total. The van der Waals surface area contributed by atoms with Gasteiger partial charge in [0.1, 0.15) is 13.2 Å². The van der Waals surface area contributed by atoms with Gasteiger partial charge in [-0.25, -0.2) is 0 Å². The van der Waals surface area contributed by atoms with Crippen LogP contribution in [0.5, 0.6) is 0 Å². The normalized spacial score (nSPS) is 11.2. The van der Waals surface area contributed by atoms with E-state index < -0.39 is 30.0 Å². The number of esters is 3. The van der Waals surface area contributed by atoms with Crippen LogP contribution in [0.1, 0.15) is 260 Å². The predicted octanol–water partition coefficient (Wildman–Crippen LogP) is 14.7. The number of unbranched alkanes of at least 4 members (excludes halogenated alkanes) is 28. The molecule has 1 atom stereocenters. The average Bonchev–Trinajstić information content (AvgIpc) is 3.16. The highest BCUT2D eigenvalue weighted by Crippen LogP contribution is 2.16. The number of rotatable bonds is 38. The van der Waals surface area contributed by atoms with Gasteiger partial charge in [-0.1, -0.05) is 227 Å². The Morgan fingerprint density at radius 1 is 0.429 bits per heavy atom. The zero-order chi connectivity index (χ0) is 42.3. The summed E-state index contributed by atoms with van der Waals surface area (Å²) in [7, 11) is 0. The van der Waals surface area contributed by atoms with Crippen molar-refractivity contribution in [2.75, 3.05) is 13.2 Å². The molecule has 0 aromatic rings. The van der Waals surface area contributed by atoms with E-state index in [1.165, 1.54) is 181 Å². The van der Waals surface area contributed by atoms with Gasteiger partial charge in [-0.3, -0.25) is 19.2 Å². The third-order valence-corrected chi connectivity index (χ3v) is 10.1. The van der Waals surface area contributed by atoms with Crippen LogP contribution in [0, 0.1) is 5.92 Å². The summed E-state index contributed by atoms with van der Waals surface area (Å²) in [6.07, 6.45) is 42.1. The van der Waals surface area contributed by atoms with E-state index in [1.807, 2.05) is 0 Å². The van der Waals surface area contributed by atoms with Crippen LogP contribution >= 0.6 is 0 Å². The SMILES string of the molecule is CC(=O)OCC(COC(C)=O)OC(=O)C(C)CCCCCCCC(=O)O.CCCCCCCCCCCCCCC.CCCCCCCCCCCCCCC. The van der Waals surface area contributed by atoms with Crippen LogP contribution in [0.4, 0.5) is 0 Å². The number of hydrogen-bond donors (Lipinski definition) is 1. The van der Waals surface area contributed by atoms with Crippen molar-refractivity contribution in [1.29, 1.82) is 0 Å². The molecule has 0 fully saturated rings. The Labute approximate surface area is 347 Å². The lowest BCUT2D eigenvalue weighted by Crippen LogP contribution is -2.32. The Kier molecular flexibility index (Phi) is 51.0. The van der Waals surface area contributed by atoms with Crippen molar-refractivity contribution >= 4 is 23.9 Å². The Balaban J connectivity index is -0.000000804. The fourth-order valence-electron chi connectivity index (χ4n) is 6.37. The maximum absolute atomic E-state index is 12.1. The highest BCUT2D eigenvalue weighted by molar-refractivity contribution is 5.72. The molecule has 8 nitrogen and oxygen atoms in total. The van der Waals surface area contributed by atoms with E-state index >= 15 is 0 Å². The summed E-state index contributed by atoms with van der Waals surface area (Å²) in [5, 5.41) is 8.55. The average molecular weight is 799 g/mol. The second kappa shape index (κ2) is 49.0. The highest BCUT2D eigenvalue weighted by Gasteiger charge is 2.22. The summed E-state index contributed by atoms with van der Waals surface area (Å²) in [5.41, 5.74) is 0. The molecule has 0 spiro atoms. The molecule has 0 aliphatic carbocycles. The van der Waals surface area contributed by atoms with E-state index in [0.717, 1.165) is 25.7 Å². The smallest absolute Gasteiger partial charge is 0.309 e. The van der Waals surface area contributed by atoms with Crippen LogP contribution in [-0.2, 0) is 33.4 Å². The van der Waals surface area contributed by atoms with Gasteiger partial charge in [0.15, 0.2) is 6.10 Å². The molecule has 8 heteroatoms. The third kappa shape index (κ3) is 54.0. The van der Waals surface area contributed by atoms with Gasteiger partial charge in [0.25, 0.3) is 0 Å². The molecular weight excluding hydrogens is 705 g/mol. The molecular formula is C48H94O8. The number of carboxylic acid groups (broad SMARTS) is 1. The zero-order valence-electron chi connectivity index (χ0n) is 38.2. The minimum Gasteiger partial charge on any atom is -0.481 e. The van der Waals surface area contributed by atoms with Gasteiger partial charge in [0.05, 0.1) is 5.92 Å². The molecule has 0 radical (unpaired) electrons. The quantitative estimate of drug-likeness (QED) is 0.0373. The van der Waals surface area contributed by atoms with Gasteiger partial charge < -0.3 is 19.3 Å². The Hall–Kier alpha value is -2.12. The van der Waals surface area contributed by atoms with Crippen molar-refractivity contribution < 1.29 is 38.5 Å². The first-order chi connectivity index (χ1) is 27.0. The molecule has 0 heterocycles. The minimum absolute atomic E-state index is 0.162. The number of hydrogen-bond acceptors (Lipinski definition) is 7. The van der Waals surface area contributed by atoms with E-state index in [1.54, 1.807) is 6.92 Å². The Bertz CT molecular complexity index is 777. The lowest BCUT2D eigenvalue weighted by Gasteiger charge is -2.19. The van der Waals surface area contributed by atoms with Crippen LogP contribution in [0.2, 0.25) is 0 Å². The van der Waals surface area contributed by atoms with Gasteiger partial charge in [-0.2, -0.15) is 0 Å². The number of carbonyl (C=O) groups is 4. The molecule has 0 amide bonds. The summed E-state index contributed by atoms with van der Waals surface area (Å²) in [5.74, 6) is -2.56. The lowest BCUT2D eigenvalue weighted by molar-refractivity contribution is -0.168. The van der Waals surface area contributed by atoms with Gasteiger partial charge in [0, 0.05) is 20.3 Å². The number of ether oxygens (including phenoxy) is 3. The lowest BCUT2D eigenvalue weighted by atomic mass is 10.0. The second-order valence-electron chi connectivity index (χ2n) is 16.0. The fourth-order valence-corrected chi connectivity index (χ4v) is 6.37. The van der Waals surface area contributed by atoms with Crippen LogP contribution < -0.4 is 0 Å². The third-order valence-electron chi connectivity index (χ3n) is 10.1. The Morgan fingerprint density at radius 3 is 0.964 bits per heavy atom. The van der Waals surface area contributed by atoms with E-state index in [2.05, 4.69) is 27.7 Å². The van der Waals surface area contributed by atoms with Crippen LogP contribution in [0.3, 0.4) is 0 Å². The van der Waals surface area contributed by atoms with Gasteiger partial charge in [-0.15, -0.1) is 0 Å². The van der Waals surface area contributed by atoms with E-state index in [4.69, 9.17) is 19.3 Å². The van der Waals surface area contributed by atoms with Crippen molar-refractivity contribution in [2.45, 2.75) is 266 Å². The molecule has 0 aromatic carbocycles. The molecule has 0 bridgehead atoms. The van der Waals surface area contributed by atoms with Gasteiger partial charge >= 0.3 is 23.9 Å². The molecule has 0 aromatic heterocycles. The second-order valence-corrected chi connectivity index (χ2v) is 16.0. The van der Waals surface area contributed by atoms with Crippen LogP contribution in [0.25, 0.3) is 0 Å². The summed E-state index contributed by atoms with van der Waals surface area (Å²) in [6, 6.07) is 0. The first kappa shape index (κ1) is 58.2. The standard InChI is InChI=1S/C18H30O8.2C15H32/c1-13(9-7-5-4-6-8-10-17(21)22)18(23)26-16(11-24-14(2)19)12-25-15(3)20;2*1-3-5-7-9-11-13-15-14-12-10-8-6-4-2/h13,16H,4-12H2,1-3H3,(H,21,22);2*3-15H2,1-2H3. The molecule has 0 saturated heterocycles. The zero-order valence-corrected chi connectivity index (χ0v) is 38.2. The first-order valence-electron chi connectivity index (χ1n) is 23.7. The summed E-state index contributed by atoms with van der Waals surface area (Å²) < 4.78 is 14.9. The Morgan fingerprint density at radius 2 is 0.696 bits per heavy atom. The molecule has 0 rings (SSSR count). The maximum atomic E-state index is 12.1. The van der Waals surface area contributed by atoms with Gasteiger partial charge in [0.2, 0.25) is 0 Å². The topological polar surface area (TPSA) is 116 Å². The number of aliphatic carboxylic acids is 1. The monoisotopic (exact) mass is 799 g/mol. The predicted molar refractivity (Wildman–Crippen MR) is 235 cm³/mol. The fraction of sp³-hybridized carbons (Fsp3) is 0.917. The maximum Gasteiger partial charge on any atom is 0.309 e. The van der Waals surface area contributed by atoms with Crippen molar-refractivity contribution in [3.8, 4) is 0 Å². The van der Waals surface area contributed by atoms with Gasteiger partial charge in [-0.05, 0) is 12.8 Å². The van der Waals surface area contributed by atoms with Crippen LogP contribution in [-0.4, -0.2) is 48.3 Å².